The molecule has 0 saturated carbocycles. The van der Waals surface area contributed by atoms with E-state index >= 15 is 0 Å². The van der Waals surface area contributed by atoms with Crippen LogP contribution < -0.4 is 0 Å². The van der Waals surface area contributed by atoms with Gasteiger partial charge in [0.2, 0.25) is 0 Å². The van der Waals surface area contributed by atoms with Crippen molar-refractivity contribution in [3.8, 4) is 0 Å². The Morgan fingerprint density at radius 2 is 1.12 bits per heavy atom. The quantitative estimate of drug-likeness (QED) is 0.305. The summed E-state index contributed by atoms with van der Waals surface area (Å²) in [6, 6.07) is 0. The number of hydrogen-bond donors (Lipinski definition) is 3. The first-order valence-corrected chi connectivity index (χ1v) is 11.7. The zero-order valence-corrected chi connectivity index (χ0v) is 16.3. The minimum absolute atomic E-state index is 0.250. The van der Waals surface area contributed by atoms with Crippen LogP contribution in [-0.2, 0) is 40.8 Å². The van der Waals surface area contributed by atoms with Gasteiger partial charge in [0.1, 0.15) is 0 Å². The van der Waals surface area contributed by atoms with Crippen molar-refractivity contribution in [3.05, 3.63) is 0 Å². The number of ether oxygens (including phenoxy) is 2. The van der Waals surface area contributed by atoms with Crippen LogP contribution in [0.5, 0.6) is 0 Å². The summed E-state index contributed by atoms with van der Waals surface area (Å²) in [7, 11) is -15.4. The molecule has 2 aliphatic rings. The molecule has 148 valence electrons. The first kappa shape index (κ1) is 21.6. The van der Waals surface area contributed by atoms with E-state index in [1.54, 1.807) is 13.8 Å². The van der Waals surface area contributed by atoms with E-state index in [1.165, 1.54) is 0 Å². The molecule has 12 nitrogen and oxygen atoms in total. The van der Waals surface area contributed by atoms with E-state index in [9.17, 15) is 28.4 Å². The van der Waals surface area contributed by atoms with Gasteiger partial charge in [-0.25, -0.2) is 13.7 Å². The molecule has 2 rings (SSSR count). The van der Waals surface area contributed by atoms with Crippen LogP contribution in [0.4, 0.5) is 0 Å². The highest BCUT2D eigenvalue weighted by Gasteiger charge is 2.44. The molecular formula is C10H21O12P3. The monoisotopic (exact) mass is 426 g/mol. The molecule has 0 bridgehead atoms. The van der Waals surface area contributed by atoms with E-state index in [0.29, 0.717) is 13.2 Å². The normalized spacial score (nSPS) is 35.4. The Kier molecular flexibility index (Phi) is 6.39. The molecule has 4 atom stereocenters. The molecule has 2 saturated heterocycles. The molecule has 15 heteroatoms. The summed E-state index contributed by atoms with van der Waals surface area (Å²) in [4.78, 5) is 28.1. The van der Waals surface area contributed by atoms with Gasteiger partial charge < -0.3 is 24.2 Å². The number of phosphoric ester groups is 2. The molecule has 3 N–H and O–H groups in total. The third kappa shape index (κ3) is 8.26. The van der Waals surface area contributed by atoms with Crippen molar-refractivity contribution in [2.24, 2.45) is 0 Å². The molecule has 4 unspecified atom stereocenters. The zero-order valence-electron chi connectivity index (χ0n) is 13.6. The Morgan fingerprint density at radius 1 is 0.800 bits per heavy atom. The topological polar surface area (TPSA) is 174 Å². The lowest BCUT2D eigenvalue weighted by molar-refractivity contribution is 0.146. The maximum atomic E-state index is 11.6. The predicted molar refractivity (Wildman–Crippen MR) is 81.5 cm³/mol. The van der Waals surface area contributed by atoms with E-state index in [4.69, 9.17) is 9.47 Å². The summed E-state index contributed by atoms with van der Waals surface area (Å²) in [5, 5.41) is 0. The molecule has 2 fully saturated rings. The third-order valence-corrected chi connectivity index (χ3v) is 7.78. The summed E-state index contributed by atoms with van der Waals surface area (Å²) < 4.78 is 61.8. The summed E-state index contributed by atoms with van der Waals surface area (Å²) in [5.41, 5.74) is -0.925. The predicted octanol–water partition coefficient (Wildman–Crippen LogP) is 1.71. The molecule has 25 heavy (non-hydrogen) atoms. The molecule has 0 spiro atoms. The zero-order chi connectivity index (χ0) is 19.0. The molecule has 0 aliphatic carbocycles. The third-order valence-electron chi connectivity index (χ3n) is 3.46. The Labute approximate surface area is 144 Å². The Balaban J connectivity index is 1.76. The first-order chi connectivity index (χ1) is 11.2. The highest BCUT2D eigenvalue weighted by Crippen LogP contribution is 2.67. The van der Waals surface area contributed by atoms with Gasteiger partial charge in [0.15, 0.2) is 0 Å². The fraction of sp³-hybridized carbons (Fsp3) is 1.00. The van der Waals surface area contributed by atoms with Crippen LogP contribution in [0, 0.1) is 0 Å². The second-order valence-electron chi connectivity index (χ2n) is 6.21. The van der Waals surface area contributed by atoms with Gasteiger partial charge in [-0.2, -0.15) is 8.62 Å². The van der Waals surface area contributed by atoms with Crippen molar-refractivity contribution in [2.45, 2.75) is 37.9 Å². The second kappa shape index (κ2) is 7.39. The van der Waals surface area contributed by atoms with Gasteiger partial charge in [0.25, 0.3) is 0 Å². The van der Waals surface area contributed by atoms with Crippen molar-refractivity contribution >= 4 is 23.5 Å². The molecule has 0 aromatic carbocycles. The summed E-state index contributed by atoms with van der Waals surface area (Å²) in [6.45, 7) is 3.82. The van der Waals surface area contributed by atoms with Crippen LogP contribution in [0.2, 0.25) is 0 Å². The summed E-state index contributed by atoms with van der Waals surface area (Å²) in [6.07, 6.45) is 0.500. The lowest BCUT2D eigenvalue weighted by atomic mass is 10.1. The van der Waals surface area contributed by atoms with Gasteiger partial charge in [0, 0.05) is 12.8 Å². The first-order valence-electron chi connectivity index (χ1n) is 7.22. The van der Waals surface area contributed by atoms with Crippen molar-refractivity contribution < 1.29 is 55.5 Å². The van der Waals surface area contributed by atoms with Crippen LogP contribution in [0.3, 0.4) is 0 Å². The van der Waals surface area contributed by atoms with Gasteiger partial charge in [-0.1, -0.05) is 0 Å². The maximum absolute atomic E-state index is 11.6. The minimum atomic E-state index is -5.40. The Morgan fingerprint density at radius 3 is 1.40 bits per heavy atom. The van der Waals surface area contributed by atoms with Crippen molar-refractivity contribution in [1.29, 1.82) is 0 Å². The standard InChI is InChI=1S/C10H21O12P3/c1-9(7-17-9)3-5-19-23(11,12)21-25(15,16)22-24(13,14)20-6-4-10(2)8-18-10/h3-8H2,1-2H3,(H,11,12)(H,13,14)(H,15,16). The summed E-state index contributed by atoms with van der Waals surface area (Å²) in [5.74, 6) is 0. The number of rotatable bonds is 12. The van der Waals surface area contributed by atoms with Crippen LogP contribution in [0.15, 0.2) is 0 Å². The molecule has 0 aromatic rings. The van der Waals surface area contributed by atoms with Crippen molar-refractivity contribution in [3.63, 3.8) is 0 Å². The maximum Gasteiger partial charge on any atom is 0.490 e. The molecule has 0 amide bonds. The van der Waals surface area contributed by atoms with E-state index in [2.05, 4.69) is 17.7 Å². The van der Waals surface area contributed by atoms with E-state index < -0.39 is 34.7 Å². The van der Waals surface area contributed by atoms with E-state index in [-0.39, 0.29) is 26.1 Å². The van der Waals surface area contributed by atoms with Crippen LogP contribution in [-0.4, -0.2) is 52.3 Å². The molecule has 2 aliphatic heterocycles. The van der Waals surface area contributed by atoms with Crippen molar-refractivity contribution in [2.75, 3.05) is 26.4 Å². The van der Waals surface area contributed by atoms with Crippen LogP contribution in [0.25, 0.3) is 0 Å². The van der Waals surface area contributed by atoms with Gasteiger partial charge in [0.05, 0.1) is 37.6 Å². The van der Waals surface area contributed by atoms with Gasteiger partial charge >= 0.3 is 23.5 Å². The largest absolute Gasteiger partial charge is 0.490 e. The Hall–Kier alpha value is 0.330. The lowest BCUT2D eigenvalue weighted by Gasteiger charge is -2.18. The fourth-order valence-corrected chi connectivity index (χ4v) is 5.11. The van der Waals surface area contributed by atoms with Gasteiger partial charge in [-0.3, -0.25) is 9.05 Å². The minimum Gasteiger partial charge on any atom is -0.370 e. The SMILES string of the molecule is CC1(CCOP(=O)(O)OP(=O)(O)OP(=O)(O)OCCC2(C)CO2)CO1. The highest BCUT2D eigenvalue weighted by atomic mass is 31.3. The average molecular weight is 426 g/mol. The number of hydrogen-bond acceptors (Lipinski definition) is 9. The van der Waals surface area contributed by atoms with E-state index in [1.807, 2.05) is 0 Å². The highest BCUT2D eigenvalue weighted by molar-refractivity contribution is 7.66. The van der Waals surface area contributed by atoms with Gasteiger partial charge in [-0.15, -0.1) is 0 Å². The van der Waals surface area contributed by atoms with E-state index in [0.717, 1.165) is 0 Å². The number of epoxide rings is 2. The molecule has 2 heterocycles. The second-order valence-corrected chi connectivity index (χ2v) is 10.8. The van der Waals surface area contributed by atoms with Crippen LogP contribution in [0.1, 0.15) is 26.7 Å². The molecule has 0 radical (unpaired) electrons. The lowest BCUT2D eigenvalue weighted by Crippen LogP contribution is -2.09. The fourth-order valence-electron chi connectivity index (χ4n) is 1.61. The smallest absolute Gasteiger partial charge is 0.370 e. The number of phosphoric acid groups is 3. The molecular weight excluding hydrogens is 405 g/mol. The van der Waals surface area contributed by atoms with Gasteiger partial charge in [-0.05, 0) is 13.8 Å². The molecule has 0 aromatic heterocycles. The van der Waals surface area contributed by atoms with Crippen molar-refractivity contribution in [1.82, 2.24) is 0 Å². The summed E-state index contributed by atoms with van der Waals surface area (Å²) >= 11 is 0. The average Bonchev–Trinajstić information content (AvgIpc) is 3.27. The van der Waals surface area contributed by atoms with Crippen LogP contribution >= 0.6 is 23.5 Å². The Bertz CT molecular complexity index is 577.